The SMILES string of the molecule is CCc1nncn1-c1ccccc1OCC(=O)O. The van der Waals surface area contributed by atoms with Crippen molar-refractivity contribution in [3.63, 3.8) is 0 Å². The van der Waals surface area contributed by atoms with E-state index in [0.717, 1.165) is 17.9 Å². The highest BCUT2D eigenvalue weighted by Gasteiger charge is 2.10. The second-order valence-corrected chi connectivity index (χ2v) is 3.62. The number of hydrogen-bond acceptors (Lipinski definition) is 4. The fraction of sp³-hybridized carbons (Fsp3) is 0.250. The maximum atomic E-state index is 10.5. The predicted molar refractivity (Wildman–Crippen MR) is 63.9 cm³/mol. The quantitative estimate of drug-likeness (QED) is 0.861. The van der Waals surface area contributed by atoms with Gasteiger partial charge in [0.15, 0.2) is 6.61 Å². The van der Waals surface area contributed by atoms with Crippen molar-refractivity contribution in [3.8, 4) is 11.4 Å². The number of carboxylic acid groups (broad SMARTS) is 1. The highest BCUT2D eigenvalue weighted by atomic mass is 16.5. The number of carbonyl (C=O) groups is 1. The fourth-order valence-corrected chi connectivity index (χ4v) is 1.62. The van der Waals surface area contributed by atoms with Gasteiger partial charge in [-0.3, -0.25) is 4.57 Å². The Labute approximate surface area is 104 Å². The summed E-state index contributed by atoms with van der Waals surface area (Å²) >= 11 is 0. The molecule has 0 aliphatic carbocycles. The summed E-state index contributed by atoms with van der Waals surface area (Å²) in [5, 5.41) is 16.5. The largest absolute Gasteiger partial charge is 0.480 e. The molecule has 0 saturated heterocycles. The van der Waals surface area contributed by atoms with Crippen LogP contribution in [0, 0.1) is 0 Å². The third kappa shape index (κ3) is 2.48. The van der Waals surface area contributed by atoms with Crippen LogP contribution in [0.15, 0.2) is 30.6 Å². The van der Waals surface area contributed by atoms with E-state index in [-0.39, 0.29) is 6.61 Å². The number of ether oxygens (including phenoxy) is 1. The molecule has 0 amide bonds. The molecule has 18 heavy (non-hydrogen) atoms. The van der Waals surface area contributed by atoms with Crippen molar-refractivity contribution >= 4 is 5.97 Å². The number of aromatic nitrogens is 3. The molecule has 1 N–H and O–H groups in total. The third-order valence-corrected chi connectivity index (χ3v) is 2.41. The number of aryl methyl sites for hydroxylation is 1. The Kier molecular flexibility index (Phi) is 3.57. The van der Waals surface area contributed by atoms with Crippen LogP contribution in [0.4, 0.5) is 0 Å². The molecule has 0 unspecified atom stereocenters. The van der Waals surface area contributed by atoms with Crippen LogP contribution >= 0.6 is 0 Å². The lowest BCUT2D eigenvalue weighted by atomic mass is 10.3. The van der Waals surface area contributed by atoms with Gasteiger partial charge in [0.25, 0.3) is 0 Å². The fourth-order valence-electron chi connectivity index (χ4n) is 1.62. The predicted octanol–water partition coefficient (Wildman–Crippen LogP) is 1.29. The zero-order chi connectivity index (χ0) is 13.0. The van der Waals surface area contributed by atoms with Gasteiger partial charge in [-0.1, -0.05) is 19.1 Å². The van der Waals surface area contributed by atoms with Gasteiger partial charge in [0.2, 0.25) is 0 Å². The van der Waals surface area contributed by atoms with E-state index in [4.69, 9.17) is 9.84 Å². The minimum absolute atomic E-state index is 0.374. The second kappa shape index (κ2) is 5.31. The molecule has 6 heteroatoms. The average molecular weight is 247 g/mol. The average Bonchev–Trinajstić information content (AvgIpc) is 2.84. The molecular weight excluding hydrogens is 234 g/mol. The number of nitrogens with zero attached hydrogens (tertiary/aromatic N) is 3. The molecule has 0 atom stereocenters. The number of aliphatic carboxylic acids is 1. The van der Waals surface area contributed by atoms with E-state index in [1.807, 2.05) is 19.1 Å². The minimum atomic E-state index is -1.01. The summed E-state index contributed by atoms with van der Waals surface area (Å²) in [4.78, 5) is 10.5. The molecule has 0 aliphatic rings. The summed E-state index contributed by atoms with van der Waals surface area (Å²) in [6.07, 6.45) is 2.31. The molecule has 0 radical (unpaired) electrons. The highest BCUT2D eigenvalue weighted by Crippen LogP contribution is 2.23. The van der Waals surface area contributed by atoms with Crippen molar-refractivity contribution in [2.24, 2.45) is 0 Å². The first kappa shape index (κ1) is 12.1. The zero-order valence-electron chi connectivity index (χ0n) is 9.91. The van der Waals surface area contributed by atoms with Gasteiger partial charge in [0.1, 0.15) is 17.9 Å². The van der Waals surface area contributed by atoms with E-state index in [0.29, 0.717) is 5.75 Å². The molecule has 2 aromatic rings. The Morgan fingerprint density at radius 1 is 1.44 bits per heavy atom. The van der Waals surface area contributed by atoms with Gasteiger partial charge in [-0.05, 0) is 12.1 Å². The lowest BCUT2D eigenvalue weighted by Gasteiger charge is -2.11. The van der Waals surface area contributed by atoms with Crippen molar-refractivity contribution in [1.29, 1.82) is 0 Å². The Morgan fingerprint density at radius 2 is 2.22 bits per heavy atom. The van der Waals surface area contributed by atoms with Gasteiger partial charge in [-0.15, -0.1) is 10.2 Å². The van der Waals surface area contributed by atoms with E-state index in [1.165, 1.54) is 0 Å². The van der Waals surface area contributed by atoms with Crippen LogP contribution in [0.5, 0.6) is 5.75 Å². The zero-order valence-corrected chi connectivity index (χ0v) is 9.91. The normalized spacial score (nSPS) is 10.3. The van der Waals surface area contributed by atoms with Gasteiger partial charge in [0, 0.05) is 6.42 Å². The van der Waals surface area contributed by atoms with Crippen molar-refractivity contribution in [2.45, 2.75) is 13.3 Å². The van der Waals surface area contributed by atoms with Gasteiger partial charge in [-0.25, -0.2) is 4.79 Å². The molecular formula is C12H13N3O3. The molecule has 94 valence electrons. The van der Waals surface area contributed by atoms with E-state index >= 15 is 0 Å². The molecule has 1 aromatic heterocycles. The van der Waals surface area contributed by atoms with E-state index in [2.05, 4.69) is 10.2 Å². The Hall–Kier alpha value is -2.37. The number of rotatable bonds is 5. The first-order chi connectivity index (χ1) is 8.72. The standard InChI is InChI=1S/C12H13N3O3/c1-2-11-14-13-8-15(11)9-5-3-4-6-10(9)18-7-12(16)17/h3-6,8H,2,7H2,1H3,(H,16,17). The van der Waals surface area contributed by atoms with Gasteiger partial charge in [0.05, 0.1) is 5.69 Å². The first-order valence-electron chi connectivity index (χ1n) is 5.55. The van der Waals surface area contributed by atoms with Crippen molar-refractivity contribution in [3.05, 3.63) is 36.4 Å². The number of benzene rings is 1. The van der Waals surface area contributed by atoms with E-state index in [1.54, 1.807) is 23.0 Å². The molecule has 0 aliphatic heterocycles. The second-order valence-electron chi connectivity index (χ2n) is 3.62. The molecule has 0 bridgehead atoms. The maximum Gasteiger partial charge on any atom is 0.341 e. The topological polar surface area (TPSA) is 77.2 Å². The summed E-state index contributed by atoms with van der Waals surface area (Å²) in [6.45, 7) is 1.60. The highest BCUT2D eigenvalue weighted by molar-refractivity contribution is 5.68. The lowest BCUT2D eigenvalue weighted by Crippen LogP contribution is -2.11. The summed E-state index contributed by atoms with van der Waals surface area (Å²) < 4.78 is 7.03. The van der Waals surface area contributed by atoms with Gasteiger partial charge in [-0.2, -0.15) is 0 Å². The van der Waals surface area contributed by atoms with E-state index in [9.17, 15) is 4.79 Å². The Bertz CT molecular complexity index is 551. The van der Waals surface area contributed by atoms with Crippen LogP contribution in [0.3, 0.4) is 0 Å². The molecule has 0 spiro atoms. The lowest BCUT2D eigenvalue weighted by molar-refractivity contribution is -0.139. The van der Waals surface area contributed by atoms with Gasteiger partial charge < -0.3 is 9.84 Å². The van der Waals surface area contributed by atoms with Crippen LogP contribution in [0.25, 0.3) is 5.69 Å². The monoisotopic (exact) mass is 247 g/mol. The van der Waals surface area contributed by atoms with Crippen LogP contribution in [-0.2, 0) is 11.2 Å². The molecule has 0 saturated carbocycles. The van der Waals surface area contributed by atoms with Crippen LogP contribution in [0.2, 0.25) is 0 Å². The van der Waals surface area contributed by atoms with Crippen LogP contribution in [0.1, 0.15) is 12.7 Å². The molecule has 1 heterocycles. The summed E-state index contributed by atoms with van der Waals surface area (Å²) in [6, 6.07) is 7.19. The van der Waals surface area contributed by atoms with Crippen molar-refractivity contribution in [2.75, 3.05) is 6.61 Å². The minimum Gasteiger partial charge on any atom is -0.480 e. The van der Waals surface area contributed by atoms with E-state index < -0.39 is 5.97 Å². The van der Waals surface area contributed by atoms with Crippen molar-refractivity contribution in [1.82, 2.24) is 14.8 Å². The Balaban J connectivity index is 2.35. The first-order valence-corrected chi connectivity index (χ1v) is 5.55. The summed E-state index contributed by atoms with van der Waals surface area (Å²) in [5.41, 5.74) is 0.737. The van der Waals surface area contributed by atoms with Gasteiger partial charge >= 0.3 is 5.97 Å². The molecule has 1 aromatic carbocycles. The van der Waals surface area contributed by atoms with Crippen molar-refractivity contribution < 1.29 is 14.6 Å². The Morgan fingerprint density at radius 3 is 2.94 bits per heavy atom. The van der Waals surface area contributed by atoms with Crippen LogP contribution < -0.4 is 4.74 Å². The number of para-hydroxylation sites is 2. The third-order valence-electron chi connectivity index (χ3n) is 2.41. The maximum absolute atomic E-state index is 10.5. The molecule has 0 fully saturated rings. The molecule has 2 rings (SSSR count). The molecule has 6 nitrogen and oxygen atoms in total. The number of carboxylic acids is 1. The smallest absolute Gasteiger partial charge is 0.341 e. The summed E-state index contributed by atoms with van der Waals surface area (Å²) in [7, 11) is 0. The number of hydrogen-bond donors (Lipinski definition) is 1. The van der Waals surface area contributed by atoms with Crippen LogP contribution in [-0.4, -0.2) is 32.4 Å². The summed E-state index contributed by atoms with van der Waals surface area (Å²) in [5.74, 6) is 0.278.